The molecule has 3 nitrogen and oxygen atoms in total. The predicted molar refractivity (Wildman–Crippen MR) is 81.9 cm³/mol. The Bertz CT molecular complexity index is 282. The number of unbranched alkanes of at least 4 members (excludes halogenated alkanes) is 1. The van der Waals surface area contributed by atoms with Gasteiger partial charge in [-0.05, 0) is 51.2 Å². The van der Waals surface area contributed by atoms with Gasteiger partial charge >= 0.3 is 0 Å². The van der Waals surface area contributed by atoms with Crippen LogP contribution >= 0.6 is 0 Å². The summed E-state index contributed by atoms with van der Waals surface area (Å²) in [6.45, 7) is 17.0. The highest BCUT2D eigenvalue weighted by Gasteiger charge is 2.37. The van der Waals surface area contributed by atoms with Crippen LogP contribution in [0, 0.1) is 0 Å². The van der Waals surface area contributed by atoms with Crippen LogP contribution in [-0.2, 0) is 13.9 Å². The summed E-state index contributed by atoms with van der Waals surface area (Å²) in [5.74, 6) is -0.387. The van der Waals surface area contributed by atoms with Crippen molar-refractivity contribution in [3.8, 4) is 0 Å². The van der Waals surface area contributed by atoms with Crippen LogP contribution in [0.1, 0.15) is 53.9 Å². The van der Waals surface area contributed by atoms with Gasteiger partial charge in [-0.2, -0.15) is 0 Å². The third kappa shape index (κ3) is 5.54. The van der Waals surface area contributed by atoms with Gasteiger partial charge in [0.25, 0.3) is 0 Å². The number of hydrogen-bond acceptors (Lipinski definition) is 3. The van der Waals surface area contributed by atoms with Crippen LogP contribution in [0.5, 0.6) is 0 Å². The molecule has 1 heterocycles. The zero-order valence-electron chi connectivity index (χ0n) is 13.8. The van der Waals surface area contributed by atoms with Gasteiger partial charge in [-0.25, -0.2) is 0 Å². The summed E-state index contributed by atoms with van der Waals surface area (Å²) in [7, 11) is -1.57. The van der Waals surface area contributed by atoms with Gasteiger partial charge in [-0.3, -0.25) is 0 Å². The predicted octanol–water partition coefficient (Wildman–Crippen LogP) is 4.33. The Kier molecular flexibility index (Phi) is 5.64. The van der Waals surface area contributed by atoms with Crippen LogP contribution in [0.25, 0.3) is 0 Å². The van der Waals surface area contributed by atoms with Crippen molar-refractivity contribution in [2.45, 2.75) is 83.9 Å². The summed E-state index contributed by atoms with van der Waals surface area (Å²) in [5.41, 5.74) is 0. The van der Waals surface area contributed by atoms with Crippen molar-refractivity contribution in [3.05, 3.63) is 0 Å². The minimum atomic E-state index is -1.57. The molecule has 0 aromatic rings. The molecule has 0 amide bonds. The quantitative estimate of drug-likeness (QED) is 0.538. The van der Waals surface area contributed by atoms with E-state index in [2.05, 4.69) is 33.9 Å². The molecule has 0 saturated carbocycles. The summed E-state index contributed by atoms with van der Waals surface area (Å²) in [6.07, 6.45) is 3.61. The van der Waals surface area contributed by atoms with Crippen molar-refractivity contribution in [1.82, 2.24) is 0 Å². The first kappa shape index (κ1) is 17.1. The molecule has 1 atom stereocenters. The molecular weight excluding hydrogens is 256 g/mol. The van der Waals surface area contributed by atoms with Crippen molar-refractivity contribution in [2.24, 2.45) is 0 Å². The smallest absolute Gasteiger partial charge is 0.191 e. The summed E-state index contributed by atoms with van der Waals surface area (Å²) < 4.78 is 17.5. The molecular formula is C15H32O3Si. The van der Waals surface area contributed by atoms with Crippen LogP contribution < -0.4 is 0 Å². The Morgan fingerprint density at radius 2 is 1.84 bits per heavy atom. The molecule has 114 valence electrons. The third-order valence-electron chi connectivity index (χ3n) is 4.26. The summed E-state index contributed by atoms with van der Waals surface area (Å²) in [5, 5.41) is 0.305. The maximum absolute atomic E-state index is 6.17. The van der Waals surface area contributed by atoms with Crippen LogP contribution in [0.15, 0.2) is 0 Å². The fraction of sp³-hybridized carbons (Fsp3) is 1.00. The maximum atomic E-state index is 6.17. The van der Waals surface area contributed by atoms with E-state index in [9.17, 15) is 0 Å². The average molecular weight is 289 g/mol. The van der Waals surface area contributed by atoms with Crippen LogP contribution in [0.2, 0.25) is 18.1 Å². The van der Waals surface area contributed by atoms with Gasteiger partial charge < -0.3 is 13.9 Å². The number of hydrogen-bond donors (Lipinski definition) is 0. The first-order valence-corrected chi connectivity index (χ1v) is 10.4. The second-order valence-electron chi connectivity index (χ2n) is 7.56. The molecule has 1 saturated heterocycles. The minimum absolute atomic E-state index is 0.267. The summed E-state index contributed by atoms with van der Waals surface area (Å²) in [6, 6.07) is 0. The minimum Gasteiger partial charge on any atom is -0.417 e. The van der Waals surface area contributed by atoms with E-state index in [1.54, 1.807) is 0 Å². The first-order chi connectivity index (χ1) is 8.54. The van der Waals surface area contributed by atoms with E-state index in [4.69, 9.17) is 13.9 Å². The molecule has 0 aromatic carbocycles. The second-order valence-corrected chi connectivity index (χ2v) is 12.4. The highest BCUT2D eigenvalue weighted by Crippen LogP contribution is 2.36. The van der Waals surface area contributed by atoms with Crippen molar-refractivity contribution in [1.29, 1.82) is 0 Å². The fourth-order valence-electron chi connectivity index (χ4n) is 1.92. The lowest BCUT2D eigenvalue weighted by atomic mass is 10.2. The van der Waals surface area contributed by atoms with Crippen molar-refractivity contribution < 1.29 is 13.9 Å². The molecule has 4 heteroatoms. The lowest BCUT2D eigenvalue weighted by molar-refractivity contribution is -0.139. The molecule has 0 aromatic heterocycles. The van der Waals surface area contributed by atoms with Gasteiger partial charge in [0.2, 0.25) is 0 Å². The van der Waals surface area contributed by atoms with Crippen molar-refractivity contribution in [3.63, 3.8) is 0 Å². The molecule has 0 aliphatic carbocycles. The summed E-state index contributed by atoms with van der Waals surface area (Å²) in [4.78, 5) is 0. The van der Waals surface area contributed by atoms with E-state index in [1.165, 1.54) is 0 Å². The lowest BCUT2D eigenvalue weighted by Gasteiger charge is -2.36. The normalized spacial score (nSPS) is 23.8. The standard InChI is InChI=1S/C15H32O3Si/c1-14(2,3)19(6,7)17-11-9-8-10-13-12-16-15(4,5)18-13/h13H,8-12H2,1-7H3. The molecule has 1 unspecified atom stereocenters. The zero-order chi connectivity index (χ0) is 14.7. The molecule has 0 bridgehead atoms. The lowest BCUT2D eigenvalue weighted by Crippen LogP contribution is -2.40. The Hall–Kier alpha value is 0.0969. The topological polar surface area (TPSA) is 27.7 Å². The van der Waals surface area contributed by atoms with Crippen molar-refractivity contribution in [2.75, 3.05) is 13.2 Å². The largest absolute Gasteiger partial charge is 0.417 e. The van der Waals surface area contributed by atoms with Crippen LogP contribution in [0.3, 0.4) is 0 Å². The Labute approximate surface area is 120 Å². The molecule has 1 fully saturated rings. The number of rotatable bonds is 6. The van der Waals surface area contributed by atoms with E-state index in [-0.39, 0.29) is 11.9 Å². The van der Waals surface area contributed by atoms with Gasteiger partial charge in [0.1, 0.15) is 0 Å². The monoisotopic (exact) mass is 288 g/mol. The Morgan fingerprint density at radius 1 is 1.21 bits per heavy atom. The van der Waals surface area contributed by atoms with Crippen molar-refractivity contribution >= 4 is 8.32 Å². The first-order valence-electron chi connectivity index (χ1n) is 7.49. The average Bonchev–Trinajstić information content (AvgIpc) is 2.56. The van der Waals surface area contributed by atoms with Gasteiger partial charge in [0.15, 0.2) is 14.1 Å². The molecule has 1 aliphatic rings. The maximum Gasteiger partial charge on any atom is 0.191 e. The van der Waals surface area contributed by atoms with E-state index in [0.29, 0.717) is 5.04 Å². The van der Waals surface area contributed by atoms with Gasteiger partial charge in [-0.15, -0.1) is 0 Å². The molecule has 19 heavy (non-hydrogen) atoms. The van der Waals surface area contributed by atoms with E-state index in [0.717, 1.165) is 32.5 Å². The van der Waals surface area contributed by atoms with E-state index < -0.39 is 8.32 Å². The van der Waals surface area contributed by atoms with Crippen LogP contribution in [-0.4, -0.2) is 33.4 Å². The van der Waals surface area contributed by atoms with E-state index >= 15 is 0 Å². The summed E-state index contributed by atoms with van der Waals surface area (Å²) >= 11 is 0. The van der Waals surface area contributed by atoms with Gasteiger partial charge in [0, 0.05) is 6.61 Å². The highest BCUT2D eigenvalue weighted by molar-refractivity contribution is 6.74. The SMILES string of the molecule is CC1(C)OCC(CCCCO[Si](C)(C)C(C)(C)C)O1. The fourth-order valence-corrected chi connectivity index (χ4v) is 3.01. The van der Waals surface area contributed by atoms with Crippen LogP contribution in [0.4, 0.5) is 0 Å². The molecule has 1 rings (SSSR count). The second kappa shape index (κ2) is 6.25. The molecule has 0 spiro atoms. The Balaban J connectivity index is 2.12. The van der Waals surface area contributed by atoms with E-state index in [1.807, 2.05) is 13.8 Å². The van der Waals surface area contributed by atoms with Gasteiger partial charge in [0.05, 0.1) is 12.7 Å². The Morgan fingerprint density at radius 3 is 2.32 bits per heavy atom. The highest BCUT2D eigenvalue weighted by atomic mass is 28.4. The van der Waals surface area contributed by atoms with Gasteiger partial charge in [-0.1, -0.05) is 20.8 Å². The molecule has 1 aliphatic heterocycles. The number of ether oxygens (including phenoxy) is 2. The molecule has 0 radical (unpaired) electrons. The molecule has 0 N–H and O–H groups in total. The third-order valence-corrected chi connectivity index (χ3v) is 8.80. The zero-order valence-corrected chi connectivity index (χ0v) is 14.8.